The Bertz CT molecular complexity index is 83.0. The molecule has 0 aromatic heterocycles. The molecule has 0 aromatic rings. The molecule has 0 heterocycles. The lowest BCUT2D eigenvalue weighted by Crippen LogP contribution is -2.15. The Kier molecular flexibility index (Phi) is 7.58. The minimum Gasteiger partial charge on any atom is -0.328 e. The van der Waals surface area contributed by atoms with Crippen molar-refractivity contribution in [2.24, 2.45) is 11.7 Å². The molecule has 0 bridgehead atoms. The molecule has 12 heavy (non-hydrogen) atoms. The third kappa shape index (κ3) is 5.59. The van der Waals surface area contributed by atoms with Crippen molar-refractivity contribution < 1.29 is 0 Å². The molecule has 0 saturated heterocycles. The Morgan fingerprint density at radius 3 is 2.17 bits per heavy atom. The van der Waals surface area contributed by atoms with Crippen LogP contribution < -0.4 is 5.73 Å². The summed E-state index contributed by atoms with van der Waals surface area (Å²) >= 11 is 0. The first-order chi connectivity index (χ1) is 5.79. The average Bonchev–Trinajstić information content (AvgIpc) is 2.56. The molecular formula is C11H25N. The number of rotatable bonds is 3. The first kappa shape index (κ1) is 12.0. The van der Waals surface area contributed by atoms with Crippen LogP contribution in [-0.2, 0) is 0 Å². The third-order valence-corrected chi connectivity index (χ3v) is 2.51. The van der Waals surface area contributed by atoms with E-state index in [-0.39, 0.29) is 0 Å². The maximum atomic E-state index is 5.67. The molecule has 0 spiro atoms. The van der Waals surface area contributed by atoms with Gasteiger partial charge < -0.3 is 5.73 Å². The second-order valence-corrected chi connectivity index (χ2v) is 3.71. The topological polar surface area (TPSA) is 26.0 Å². The molecule has 1 heteroatoms. The average molecular weight is 171 g/mol. The van der Waals surface area contributed by atoms with Crippen molar-refractivity contribution >= 4 is 0 Å². The molecule has 1 aliphatic rings. The minimum atomic E-state index is 0.417. The lowest BCUT2D eigenvalue weighted by molar-refractivity contribution is 0.459. The minimum absolute atomic E-state index is 0.417. The summed E-state index contributed by atoms with van der Waals surface area (Å²) in [7, 11) is 0. The number of hydrogen-bond donors (Lipinski definition) is 1. The second-order valence-electron chi connectivity index (χ2n) is 3.71. The molecule has 0 radical (unpaired) electrons. The highest BCUT2D eigenvalue weighted by atomic mass is 14.6. The van der Waals surface area contributed by atoms with E-state index in [1.165, 1.54) is 38.5 Å². The fraction of sp³-hybridized carbons (Fsp3) is 1.00. The van der Waals surface area contributed by atoms with E-state index < -0.39 is 0 Å². The molecule has 1 unspecified atom stereocenters. The fourth-order valence-corrected chi connectivity index (χ4v) is 1.80. The van der Waals surface area contributed by atoms with E-state index >= 15 is 0 Å². The second kappa shape index (κ2) is 7.60. The van der Waals surface area contributed by atoms with Gasteiger partial charge in [-0.25, -0.2) is 0 Å². The third-order valence-electron chi connectivity index (χ3n) is 2.51. The zero-order chi connectivity index (χ0) is 9.40. The summed E-state index contributed by atoms with van der Waals surface area (Å²) in [5, 5.41) is 0. The Morgan fingerprint density at radius 1 is 1.25 bits per heavy atom. The van der Waals surface area contributed by atoms with Crippen LogP contribution in [0.25, 0.3) is 0 Å². The molecule has 1 fully saturated rings. The molecule has 74 valence electrons. The summed E-state index contributed by atoms with van der Waals surface area (Å²) in [5.41, 5.74) is 5.67. The van der Waals surface area contributed by atoms with Gasteiger partial charge in [-0.2, -0.15) is 0 Å². The van der Waals surface area contributed by atoms with Gasteiger partial charge in [-0.1, -0.05) is 39.5 Å². The standard InChI is InChI=1S/C9H19N.C2H6/c1-8(10)6-7-9-4-2-3-5-9;1-2/h8-9H,2-7,10H2,1H3;1-2H3. The van der Waals surface area contributed by atoms with Gasteiger partial charge in [0, 0.05) is 6.04 Å². The quantitative estimate of drug-likeness (QED) is 0.692. The predicted molar refractivity (Wildman–Crippen MR) is 56.2 cm³/mol. The smallest absolute Gasteiger partial charge is 0.00105 e. The summed E-state index contributed by atoms with van der Waals surface area (Å²) in [6.45, 7) is 6.11. The van der Waals surface area contributed by atoms with Gasteiger partial charge in [-0.15, -0.1) is 0 Å². The van der Waals surface area contributed by atoms with Crippen molar-refractivity contribution in [2.75, 3.05) is 0 Å². The largest absolute Gasteiger partial charge is 0.328 e. The molecule has 0 aromatic carbocycles. The van der Waals surface area contributed by atoms with Crippen molar-refractivity contribution in [3.63, 3.8) is 0 Å². The summed E-state index contributed by atoms with van der Waals surface area (Å²) in [5.74, 6) is 1.02. The van der Waals surface area contributed by atoms with Gasteiger partial charge in [0.05, 0.1) is 0 Å². The molecule has 2 N–H and O–H groups in total. The first-order valence-corrected chi connectivity index (χ1v) is 5.54. The monoisotopic (exact) mass is 171 g/mol. The van der Waals surface area contributed by atoms with Crippen LogP contribution in [0.4, 0.5) is 0 Å². The Morgan fingerprint density at radius 2 is 1.75 bits per heavy atom. The summed E-state index contributed by atoms with van der Waals surface area (Å²) in [6.07, 6.45) is 8.45. The number of nitrogens with two attached hydrogens (primary N) is 1. The van der Waals surface area contributed by atoms with Crippen molar-refractivity contribution in [3.05, 3.63) is 0 Å². The van der Waals surface area contributed by atoms with E-state index in [2.05, 4.69) is 6.92 Å². The van der Waals surface area contributed by atoms with Crippen LogP contribution in [0, 0.1) is 5.92 Å². The molecule has 1 rings (SSSR count). The van der Waals surface area contributed by atoms with E-state index in [1.807, 2.05) is 13.8 Å². The van der Waals surface area contributed by atoms with Gasteiger partial charge in [0.25, 0.3) is 0 Å². The van der Waals surface area contributed by atoms with E-state index in [0.717, 1.165) is 5.92 Å². The lowest BCUT2D eigenvalue weighted by atomic mass is 10.00. The molecule has 0 aliphatic heterocycles. The summed E-state index contributed by atoms with van der Waals surface area (Å²) in [6, 6.07) is 0.417. The molecular weight excluding hydrogens is 146 g/mol. The van der Waals surface area contributed by atoms with Gasteiger partial charge in [0.2, 0.25) is 0 Å². The highest BCUT2D eigenvalue weighted by molar-refractivity contribution is 4.68. The maximum Gasteiger partial charge on any atom is 0.00105 e. The van der Waals surface area contributed by atoms with Crippen molar-refractivity contribution in [2.45, 2.75) is 65.3 Å². The van der Waals surface area contributed by atoms with Crippen molar-refractivity contribution in [3.8, 4) is 0 Å². The van der Waals surface area contributed by atoms with Gasteiger partial charge in [0.1, 0.15) is 0 Å². The highest BCUT2D eigenvalue weighted by Crippen LogP contribution is 2.28. The van der Waals surface area contributed by atoms with Crippen LogP contribution in [-0.4, -0.2) is 6.04 Å². The van der Waals surface area contributed by atoms with E-state index in [1.54, 1.807) is 0 Å². The Balaban J connectivity index is 0.000000561. The zero-order valence-electron chi connectivity index (χ0n) is 8.97. The van der Waals surface area contributed by atoms with Crippen LogP contribution in [0.3, 0.4) is 0 Å². The Labute approximate surface area is 77.7 Å². The van der Waals surface area contributed by atoms with Crippen molar-refractivity contribution in [1.82, 2.24) is 0 Å². The highest BCUT2D eigenvalue weighted by Gasteiger charge is 2.14. The van der Waals surface area contributed by atoms with E-state index in [4.69, 9.17) is 5.73 Å². The maximum absolute atomic E-state index is 5.67. The van der Waals surface area contributed by atoms with E-state index in [0.29, 0.717) is 6.04 Å². The summed E-state index contributed by atoms with van der Waals surface area (Å²) < 4.78 is 0. The lowest BCUT2D eigenvalue weighted by Gasteiger charge is -2.09. The SMILES string of the molecule is CC.CC(N)CCC1CCCC1. The normalized spacial score (nSPS) is 20.0. The molecule has 0 amide bonds. The fourth-order valence-electron chi connectivity index (χ4n) is 1.80. The van der Waals surface area contributed by atoms with Crippen LogP contribution in [0.15, 0.2) is 0 Å². The van der Waals surface area contributed by atoms with Gasteiger partial charge in [0.15, 0.2) is 0 Å². The molecule has 1 saturated carbocycles. The summed E-state index contributed by atoms with van der Waals surface area (Å²) in [4.78, 5) is 0. The van der Waals surface area contributed by atoms with Crippen LogP contribution in [0.1, 0.15) is 59.3 Å². The van der Waals surface area contributed by atoms with Gasteiger partial charge in [-0.05, 0) is 25.7 Å². The van der Waals surface area contributed by atoms with Gasteiger partial charge >= 0.3 is 0 Å². The first-order valence-electron chi connectivity index (χ1n) is 5.54. The zero-order valence-corrected chi connectivity index (χ0v) is 8.97. The van der Waals surface area contributed by atoms with E-state index in [9.17, 15) is 0 Å². The molecule has 1 atom stereocenters. The number of hydrogen-bond acceptors (Lipinski definition) is 1. The predicted octanol–water partition coefficient (Wildman–Crippen LogP) is 3.33. The van der Waals surface area contributed by atoms with Crippen LogP contribution in [0.2, 0.25) is 0 Å². The Hall–Kier alpha value is -0.0400. The van der Waals surface area contributed by atoms with Crippen LogP contribution in [0.5, 0.6) is 0 Å². The van der Waals surface area contributed by atoms with Gasteiger partial charge in [-0.3, -0.25) is 0 Å². The van der Waals surface area contributed by atoms with Crippen LogP contribution >= 0.6 is 0 Å². The molecule has 1 nitrogen and oxygen atoms in total. The van der Waals surface area contributed by atoms with Crippen molar-refractivity contribution in [1.29, 1.82) is 0 Å². The molecule has 1 aliphatic carbocycles.